The molecule has 1 N–H and O–H groups in total. The van der Waals surface area contributed by atoms with Crippen molar-refractivity contribution in [1.82, 2.24) is 4.98 Å². The molecule has 4 nitrogen and oxygen atoms in total. The van der Waals surface area contributed by atoms with Crippen molar-refractivity contribution in [2.75, 3.05) is 6.61 Å². The van der Waals surface area contributed by atoms with Crippen molar-refractivity contribution in [3.8, 4) is 5.19 Å². The van der Waals surface area contributed by atoms with Crippen LogP contribution in [0.25, 0.3) is 10.2 Å². The lowest BCUT2D eigenvalue weighted by molar-refractivity contribution is -0.0124. The van der Waals surface area contributed by atoms with Gasteiger partial charge in [0.05, 0.1) is 16.9 Å². The topological polar surface area (TPSA) is 59.4 Å². The molecule has 2 aromatic rings. The van der Waals surface area contributed by atoms with E-state index in [4.69, 9.17) is 9.84 Å². The molecule has 132 valence electrons. The minimum absolute atomic E-state index is 0.0703. The fourth-order valence-electron chi connectivity index (χ4n) is 4.18. The number of carbonyl (C=O) groups is 1. The SMILES string of the molecule is C=CC12CCC(COc3nc4c(F)cc(C(=O)O)cc4s3)(CC1)CC2. The van der Waals surface area contributed by atoms with E-state index in [2.05, 4.69) is 17.6 Å². The van der Waals surface area contributed by atoms with E-state index in [1.165, 1.54) is 17.4 Å². The van der Waals surface area contributed by atoms with E-state index >= 15 is 0 Å². The number of aromatic carboxylic acids is 1. The van der Waals surface area contributed by atoms with Gasteiger partial charge in [-0.25, -0.2) is 9.18 Å². The third-order valence-corrected chi connectivity index (χ3v) is 6.99. The summed E-state index contributed by atoms with van der Waals surface area (Å²) >= 11 is 1.20. The Morgan fingerprint density at radius 2 is 2.00 bits per heavy atom. The molecule has 3 aliphatic rings. The van der Waals surface area contributed by atoms with Gasteiger partial charge in [-0.3, -0.25) is 0 Å². The molecular weight excluding hydrogens is 341 g/mol. The van der Waals surface area contributed by atoms with Gasteiger partial charge in [-0.15, -0.1) is 6.58 Å². The zero-order valence-corrected chi connectivity index (χ0v) is 14.7. The average molecular weight is 361 g/mol. The second-order valence-corrected chi connectivity index (χ2v) is 8.44. The van der Waals surface area contributed by atoms with E-state index in [-0.39, 0.29) is 16.5 Å². The lowest BCUT2D eigenvalue weighted by atomic mass is 9.54. The van der Waals surface area contributed by atoms with E-state index in [9.17, 15) is 9.18 Å². The van der Waals surface area contributed by atoms with E-state index in [1.54, 1.807) is 0 Å². The number of ether oxygens (including phenoxy) is 1. The summed E-state index contributed by atoms with van der Waals surface area (Å²) in [5.74, 6) is -1.77. The first-order chi connectivity index (χ1) is 11.9. The van der Waals surface area contributed by atoms with Crippen LogP contribution in [-0.2, 0) is 0 Å². The lowest BCUT2D eigenvalue weighted by Gasteiger charge is -2.52. The number of hydrogen-bond donors (Lipinski definition) is 1. The molecule has 0 saturated heterocycles. The van der Waals surface area contributed by atoms with Crippen molar-refractivity contribution in [3.63, 3.8) is 0 Å². The molecule has 3 saturated carbocycles. The summed E-state index contributed by atoms with van der Waals surface area (Å²) in [5, 5.41) is 9.45. The zero-order chi connectivity index (χ0) is 17.7. The molecule has 0 unspecified atom stereocenters. The summed E-state index contributed by atoms with van der Waals surface area (Å²) in [5.41, 5.74) is 0.626. The summed E-state index contributed by atoms with van der Waals surface area (Å²) in [6.45, 7) is 4.59. The highest BCUT2D eigenvalue weighted by Crippen LogP contribution is 2.57. The zero-order valence-electron chi connectivity index (χ0n) is 13.9. The maximum Gasteiger partial charge on any atom is 0.335 e. The van der Waals surface area contributed by atoms with Crippen LogP contribution in [0.5, 0.6) is 5.19 Å². The van der Waals surface area contributed by atoms with Gasteiger partial charge in [-0.1, -0.05) is 17.4 Å². The molecule has 6 heteroatoms. The smallest absolute Gasteiger partial charge is 0.335 e. The van der Waals surface area contributed by atoms with Gasteiger partial charge in [-0.05, 0) is 56.1 Å². The van der Waals surface area contributed by atoms with Crippen LogP contribution in [-0.4, -0.2) is 22.7 Å². The molecule has 0 atom stereocenters. The Balaban J connectivity index is 1.51. The Kier molecular flexibility index (Phi) is 3.83. The number of halogens is 1. The van der Waals surface area contributed by atoms with Crippen molar-refractivity contribution in [2.24, 2.45) is 10.8 Å². The van der Waals surface area contributed by atoms with Crippen molar-refractivity contribution >= 4 is 27.5 Å². The maximum absolute atomic E-state index is 14.1. The van der Waals surface area contributed by atoms with Gasteiger partial charge in [0.2, 0.25) is 0 Å². The number of hydrogen-bond acceptors (Lipinski definition) is 4. The summed E-state index contributed by atoms with van der Waals surface area (Å²) in [6.07, 6.45) is 9.00. The number of thiazole rings is 1. The largest absolute Gasteiger partial charge is 0.478 e. The predicted molar refractivity (Wildman–Crippen MR) is 94.8 cm³/mol. The highest BCUT2D eigenvalue weighted by atomic mass is 32.1. The third-order valence-electron chi connectivity index (χ3n) is 6.07. The first kappa shape index (κ1) is 16.5. The molecule has 1 aromatic heterocycles. The summed E-state index contributed by atoms with van der Waals surface area (Å²) in [4.78, 5) is 15.3. The first-order valence-electron chi connectivity index (χ1n) is 8.54. The Morgan fingerprint density at radius 1 is 1.32 bits per heavy atom. The molecule has 2 bridgehead atoms. The third kappa shape index (κ3) is 2.82. The van der Waals surface area contributed by atoms with Crippen LogP contribution in [0.15, 0.2) is 24.8 Å². The quantitative estimate of drug-likeness (QED) is 0.758. The van der Waals surface area contributed by atoms with E-state index in [0.29, 0.717) is 21.9 Å². The standard InChI is InChI=1S/C19H20FNO3S/c1-2-18-3-6-19(7-4-18,8-5-18)11-24-17-21-15-13(20)9-12(16(22)23)10-14(15)25-17/h2,9-10H,1,3-8,11H2,(H,22,23). The molecule has 3 fully saturated rings. The monoisotopic (exact) mass is 361 g/mol. The van der Waals surface area contributed by atoms with Crippen molar-refractivity contribution in [2.45, 2.75) is 38.5 Å². The number of nitrogens with zero attached hydrogens (tertiary/aromatic N) is 1. The van der Waals surface area contributed by atoms with Crippen molar-refractivity contribution in [1.29, 1.82) is 0 Å². The average Bonchev–Trinajstić information content (AvgIpc) is 3.05. The summed E-state index contributed by atoms with van der Waals surface area (Å²) in [7, 11) is 0. The van der Waals surface area contributed by atoms with Crippen LogP contribution >= 0.6 is 11.3 Å². The van der Waals surface area contributed by atoms with Crippen molar-refractivity contribution < 1.29 is 19.0 Å². The highest BCUT2D eigenvalue weighted by molar-refractivity contribution is 7.20. The molecule has 0 spiro atoms. The van der Waals surface area contributed by atoms with Crippen LogP contribution in [0.3, 0.4) is 0 Å². The number of benzene rings is 1. The second kappa shape index (κ2) is 5.80. The molecule has 5 rings (SSSR count). The van der Waals surface area contributed by atoms with Gasteiger partial charge in [0.1, 0.15) is 5.52 Å². The molecule has 25 heavy (non-hydrogen) atoms. The van der Waals surface area contributed by atoms with Crippen LogP contribution in [0.4, 0.5) is 4.39 Å². The van der Waals surface area contributed by atoms with Gasteiger partial charge in [0, 0.05) is 5.41 Å². The minimum Gasteiger partial charge on any atom is -0.478 e. The Hall–Kier alpha value is -1.95. The number of carboxylic acid groups (broad SMARTS) is 1. The predicted octanol–water partition coefficient (Wildman–Crippen LogP) is 5.04. The van der Waals surface area contributed by atoms with Gasteiger partial charge in [-0.2, -0.15) is 4.98 Å². The van der Waals surface area contributed by atoms with E-state index < -0.39 is 11.8 Å². The van der Waals surface area contributed by atoms with Crippen LogP contribution < -0.4 is 4.74 Å². The van der Waals surface area contributed by atoms with E-state index in [1.807, 2.05) is 0 Å². The van der Waals surface area contributed by atoms with Gasteiger partial charge < -0.3 is 9.84 Å². The van der Waals surface area contributed by atoms with Crippen molar-refractivity contribution in [3.05, 3.63) is 36.2 Å². The number of aromatic nitrogens is 1. The Bertz CT molecular complexity index is 835. The van der Waals surface area contributed by atoms with Gasteiger partial charge >= 0.3 is 5.97 Å². The molecular formula is C19H20FNO3S. The van der Waals surface area contributed by atoms with Gasteiger partial charge in [0.25, 0.3) is 5.19 Å². The second-order valence-electron chi connectivity index (χ2n) is 7.44. The number of carboxylic acids is 1. The molecule has 3 aliphatic carbocycles. The van der Waals surface area contributed by atoms with Crippen LogP contribution in [0.2, 0.25) is 0 Å². The number of fused-ring (bicyclic) bond motifs is 4. The maximum atomic E-state index is 14.1. The van der Waals surface area contributed by atoms with Crippen LogP contribution in [0.1, 0.15) is 48.9 Å². The molecule has 0 aliphatic heterocycles. The molecule has 1 heterocycles. The molecule has 0 amide bonds. The fraction of sp³-hybridized carbons (Fsp3) is 0.474. The molecule has 1 aromatic carbocycles. The summed E-state index contributed by atoms with van der Waals surface area (Å²) in [6, 6.07) is 2.45. The normalized spacial score (nSPS) is 28.2. The summed E-state index contributed by atoms with van der Waals surface area (Å²) < 4.78 is 20.5. The lowest BCUT2D eigenvalue weighted by Crippen LogP contribution is -2.43. The first-order valence-corrected chi connectivity index (χ1v) is 9.36. The number of allylic oxidation sites excluding steroid dienone is 1. The Labute approximate surface area is 149 Å². The van der Waals surface area contributed by atoms with Gasteiger partial charge in [0.15, 0.2) is 5.82 Å². The fourth-order valence-corrected chi connectivity index (χ4v) is 5.05. The van der Waals surface area contributed by atoms with Crippen LogP contribution in [0, 0.1) is 16.6 Å². The minimum atomic E-state index is -1.15. The van der Waals surface area contributed by atoms with E-state index in [0.717, 1.165) is 44.6 Å². The number of rotatable bonds is 5. The Morgan fingerprint density at radius 3 is 2.60 bits per heavy atom. The molecule has 0 radical (unpaired) electrons. The highest BCUT2D eigenvalue weighted by Gasteiger charge is 2.47.